The molecule has 0 bridgehead atoms. The van der Waals surface area contributed by atoms with Gasteiger partial charge in [0.05, 0.1) is 0 Å². The Balaban J connectivity index is 1.61. The van der Waals surface area contributed by atoms with Gasteiger partial charge in [-0.25, -0.2) is 4.79 Å². The van der Waals surface area contributed by atoms with E-state index in [4.69, 9.17) is 9.84 Å². The summed E-state index contributed by atoms with van der Waals surface area (Å²) >= 11 is 0. The van der Waals surface area contributed by atoms with Crippen molar-refractivity contribution in [2.45, 2.75) is 19.3 Å². The minimum absolute atomic E-state index is 0.0152. The summed E-state index contributed by atoms with van der Waals surface area (Å²) in [7, 11) is 0. The maximum atomic E-state index is 12.4. The maximum absolute atomic E-state index is 12.4. The smallest absolute Gasteiger partial charge is 0.341 e. The summed E-state index contributed by atoms with van der Waals surface area (Å²) in [6.07, 6.45) is 0.853. The highest BCUT2D eigenvalue weighted by atomic mass is 16.5. The zero-order chi connectivity index (χ0) is 17.1. The number of carboxylic acid groups (broad SMARTS) is 1. The van der Waals surface area contributed by atoms with E-state index in [2.05, 4.69) is 24.4 Å². The van der Waals surface area contributed by atoms with Crippen LogP contribution in [0.5, 0.6) is 5.75 Å². The molecule has 0 aliphatic heterocycles. The van der Waals surface area contributed by atoms with Crippen LogP contribution in [0, 0.1) is 12.8 Å². The lowest BCUT2D eigenvalue weighted by molar-refractivity contribution is -0.139. The zero-order valence-corrected chi connectivity index (χ0v) is 13.4. The van der Waals surface area contributed by atoms with Crippen molar-refractivity contribution in [2.24, 2.45) is 5.92 Å². The van der Waals surface area contributed by atoms with Crippen molar-refractivity contribution >= 4 is 17.6 Å². The SMILES string of the molecule is Cc1ccccc1C1CC1C(=O)Nc1cccc(OCC(=O)O)c1. The minimum Gasteiger partial charge on any atom is -0.482 e. The van der Waals surface area contributed by atoms with Crippen molar-refractivity contribution in [2.75, 3.05) is 11.9 Å². The van der Waals surface area contributed by atoms with Crippen molar-refractivity contribution in [1.29, 1.82) is 0 Å². The van der Waals surface area contributed by atoms with E-state index in [1.165, 1.54) is 11.1 Å². The predicted molar refractivity (Wildman–Crippen MR) is 90.2 cm³/mol. The lowest BCUT2D eigenvalue weighted by Gasteiger charge is -2.08. The quantitative estimate of drug-likeness (QED) is 0.855. The fraction of sp³-hybridized carbons (Fsp3) is 0.263. The number of hydrogen-bond acceptors (Lipinski definition) is 3. The van der Waals surface area contributed by atoms with Gasteiger partial charge in [0.1, 0.15) is 5.75 Å². The molecule has 0 spiro atoms. The van der Waals surface area contributed by atoms with Gasteiger partial charge in [-0.1, -0.05) is 30.3 Å². The van der Waals surface area contributed by atoms with Crippen LogP contribution in [0.4, 0.5) is 5.69 Å². The number of carbonyl (C=O) groups is 2. The van der Waals surface area contributed by atoms with Crippen molar-refractivity contribution in [3.63, 3.8) is 0 Å². The van der Waals surface area contributed by atoms with E-state index < -0.39 is 12.6 Å². The third-order valence-electron chi connectivity index (χ3n) is 4.18. The van der Waals surface area contributed by atoms with Crippen LogP contribution < -0.4 is 10.1 Å². The van der Waals surface area contributed by atoms with Crippen molar-refractivity contribution < 1.29 is 19.4 Å². The van der Waals surface area contributed by atoms with E-state index in [0.717, 1.165) is 6.42 Å². The first kappa shape index (κ1) is 16.1. The van der Waals surface area contributed by atoms with Gasteiger partial charge in [0.25, 0.3) is 0 Å². The fourth-order valence-corrected chi connectivity index (χ4v) is 2.87. The Morgan fingerprint density at radius 3 is 2.75 bits per heavy atom. The molecule has 5 heteroatoms. The normalized spacial score (nSPS) is 18.7. The molecule has 2 atom stereocenters. The first-order valence-electron chi connectivity index (χ1n) is 7.85. The average molecular weight is 325 g/mol. The second kappa shape index (κ2) is 6.74. The molecule has 0 aromatic heterocycles. The summed E-state index contributed by atoms with van der Waals surface area (Å²) in [6.45, 7) is 1.65. The summed E-state index contributed by atoms with van der Waals surface area (Å²) in [6, 6.07) is 14.9. The number of aryl methyl sites for hydroxylation is 1. The molecule has 1 amide bonds. The van der Waals surface area contributed by atoms with E-state index in [9.17, 15) is 9.59 Å². The Labute approximate surface area is 140 Å². The second-order valence-corrected chi connectivity index (χ2v) is 6.00. The van der Waals surface area contributed by atoms with Crippen LogP contribution in [0.25, 0.3) is 0 Å². The number of anilines is 1. The van der Waals surface area contributed by atoms with E-state index in [1.807, 2.05) is 12.1 Å². The molecule has 24 heavy (non-hydrogen) atoms. The third-order valence-corrected chi connectivity index (χ3v) is 4.18. The van der Waals surface area contributed by atoms with Gasteiger partial charge >= 0.3 is 5.97 Å². The van der Waals surface area contributed by atoms with E-state index in [0.29, 0.717) is 11.4 Å². The lowest BCUT2D eigenvalue weighted by Crippen LogP contribution is -2.15. The molecule has 0 saturated heterocycles. The molecule has 5 nitrogen and oxygen atoms in total. The molecule has 1 fully saturated rings. The van der Waals surface area contributed by atoms with Gasteiger partial charge in [-0.15, -0.1) is 0 Å². The molecule has 124 valence electrons. The minimum atomic E-state index is -1.04. The van der Waals surface area contributed by atoms with Gasteiger partial charge in [0, 0.05) is 17.7 Å². The molecule has 3 rings (SSSR count). The molecule has 2 aromatic carbocycles. The highest BCUT2D eigenvalue weighted by molar-refractivity contribution is 5.95. The molecule has 0 radical (unpaired) electrons. The highest BCUT2D eigenvalue weighted by Crippen LogP contribution is 2.48. The second-order valence-electron chi connectivity index (χ2n) is 6.00. The zero-order valence-electron chi connectivity index (χ0n) is 13.4. The topological polar surface area (TPSA) is 75.6 Å². The Hall–Kier alpha value is -2.82. The van der Waals surface area contributed by atoms with Gasteiger partial charge in [-0.05, 0) is 42.5 Å². The van der Waals surface area contributed by atoms with Crippen LogP contribution in [0.3, 0.4) is 0 Å². The predicted octanol–water partition coefficient (Wildman–Crippen LogP) is 3.20. The Morgan fingerprint density at radius 1 is 1.21 bits per heavy atom. The van der Waals surface area contributed by atoms with Crippen LogP contribution >= 0.6 is 0 Å². The number of aliphatic carboxylic acids is 1. The number of hydrogen-bond donors (Lipinski definition) is 2. The van der Waals surface area contributed by atoms with Gasteiger partial charge in [0.2, 0.25) is 5.91 Å². The van der Waals surface area contributed by atoms with Crippen LogP contribution in [-0.2, 0) is 9.59 Å². The molecular weight excluding hydrogens is 306 g/mol. The lowest BCUT2D eigenvalue weighted by atomic mass is 10.0. The first-order chi connectivity index (χ1) is 11.5. The number of carboxylic acids is 1. The van der Waals surface area contributed by atoms with E-state index in [-0.39, 0.29) is 17.7 Å². The van der Waals surface area contributed by atoms with Crippen molar-refractivity contribution in [3.05, 3.63) is 59.7 Å². The molecule has 1 aliphatic carbocycles. The number of rotatable bonds is 6. The van der Waals surface area contributed by atoms with Crippen LogP contribution in [0.2, 0.25) is 0 Å². The Kier molecular flexibility index (Phi) is 4.51. The number of nitrogens with one attached hydrogen (secondary N) is 1. The van der Waals surface area contributed by atoms with Crippen LogP contribution in [-0.4, -0.2) is 23.6 Å². The fourth-order valence-electron chi connectivity index (χ4n) is 2.87. The highest BCUT2D eigenvalue weighted by Gasteiger charge is 2.44. The van der Waals surface area contributed by atoms with E-state index >= 15 is 0 Å². The van der Waals surface area contributed by atoms with Gasteiger partial charge in [-0.3, -0.25) is 4.79 Å². The average Bonchev–Trinajstić information content (AvgIpc) is 3.34. The van der Waals surface area contributed by atoms with Crippen molar-refractivity contribution in [1.82, 2.24) is 0 Å². The molecule has 2 N–H and O–H groups in total. The molecule has 0 heterocycles. The van der Waals surface area contributed by atoms with Gasteiger partial charge < -0.3 is 15.2 Å². The third kappa shape index (κ3) is 3.74. The largest absolute Gasteiger partial charge is 0.482 e. The standard InChI is InChI=1S/C19H19NO4/c1-12-5-2-3-8-15(12)16-10-17(16)19(23)20-13-6-4-7-14(9-13)24-11-18(21)22/h2-9,16-17H,10-11H2,1H3,(H,20,23)(H,21,22). The Morgan fingerprint density at radius 2 is 2.00 bits per heavy atom. The molecule has 1 aliphatic rings. The summed E-state index contributed by atoms with van der Waals surface area (Å²) in [4.78, 5) is 22.9. The molecular formula is C19H19NO4. The van der Waals surface area contributed by atoms with E-state index in [1.54, 1.807) is 24.3 Å². The van der Waals surface area contributed by atoms with Gasteiger partial charge in [0.15, 0.2) is 6.61 Å². The van der Waals surface area contributed by atoms with Gasteiger partial charge in [-0.2, -0.15) is 0 Å². The molecule has 2 aromatic rings. The summed E-state index contributed by atoms with van der Waals surface area (Å²) in [5, 5.41) is 11.5. The monoisotopic (exact) mass is 325 g/mol. The summed E-state index contributed by atoms with van der Waals surface area (Å²) in [5.74, 6) is -0.379. The summed E-state index contributed by atoms with van der Waals surface area (Å²) in [5.41, 5.74) is 3.05. The number of amides is 1. The number of carbonyl (C=O) groups excluding carboxylic acids is 1. The number of ether oxygens (including phenoxy) is 1. The van der Waals surface area contributed by atoms with Crippen molar-refractivity contribution in [3.8, 4) is 5.75 Å². The van der Waals surface area contributed by atoms with Crippen LogP contribution in [0.15, 0.2) is 48.5 Å². The number of benzene rings is 2. The molecule has 2 unspecified atom stereocenters. The molecule has 1 saturated carbocycles. The summed E-state index contributed by atoms with van der Waals surface area (Å²) < 4.78 is 5.12. The Bertz CT molecular complexity index is 771. The maximum Gasteiger partial charge on any atom is 0.341 e. The van der Waals surface area contributed by atoms with Crippen LogP contribution in [0.1, 0.15) is 23.5 Å². The first-order valence-corrected chi connectivity index (χ1v) is 7.85.